The van der Waals surface area contributed by atoms with Crippen LogP contribution in [0.2, 0.25) is 0 Å². The molecule has 0 saturated carbocycles. The van der Waals surface area contributed by atoms with Crippen LogP contribution in [0.3, 0.4) is 0 Å². The van der Waals surface area contributed by atoms with Crippen LogP contribution in [-0.2, 0) is 4.79 Å². The highest BCUT2D eigenvalue weighted by Gasteiger charge is 2.23. The number of carbonyl (C=O) groups excluding carboxylic acids is 1. The third kappa shape index (κ3) is 4.94. The summed E-state index contributed by atoms with van der Waals surface area (Å²) in [6.07, 6.45) is 0.901. The van der Waals surface area contributed by atoms with Crippen LogP contribution in [-0.4, -0.2) is 37.5 Å². The maximum absolute atomic E-state index is 12.3. The fraction of sp³-hybridized carbons (Fsp3) is 0.562. The van der Waals surface area contributed by atoms with E-state index in [1.54, 1.807) is 0 Å². The van der Waals surface area contributed by atoms with Crippen LogP contribution in [0.25, 0.3) is 0 Å². The smallest absolute Gasteiger partial charge is 0.237 e. The molecule has 4 heteroatoms. The van der Waals surface area contributed by atoms with E-state index in [1.807, 2.05) is 58.3 Å². The first kappa shape index (κ1) is 16.7. The Morgan fingerprint density at radius 2 is 1.90 bits per heavy atom. The largest absolute Gasteiger partial charge is 0.347 e. The summed E-state index contributed by atoms with van der Waals surface area (Å²) in [5.41, 5.74) is 7.11. The summed E-state index contributed by atoms with van der Waals surface area (Å²) in [6, 6.07) is 9.52. The van der Waals surface area contributed by atoms with Crippen molar-refractivity contribution in [2.45, 2.75) is 32.4 Å². The first-order chi connectivity index (χ1) is 9.45. The SMILES string of the molecule is CCC(C)[C@H](N)C(=O)NC(CN(C)C)c1ccccc1. The zero-order chi connectivity index (χ0) is 15.1. The summed E-state index contributed by atoms with van der Waals surface area (Å²) >= 11 is 0. The van der Waals surface area contributed by atoms with E-state index in [9.17, 15) is 4.79 Å². The molecule has 0 aliphatic carbocycles. The average Bonchev–Trinajstić information content (AvgIpc) is 2.45. The second-order valence-corrected chi connectivity index (χ2v) is 5.65. The number of amides is 1. The molecule has 0 aliphatic heterocycles. The zero-order valence-electron chi connectivity index (χ0n) is 13.0. The van der Waals surface area contributed by atoms with Gasteiger partial charge < -0.3 is 16.0 Å². The summed E-state index contributed by atoms with van der Waals surface area (Å²) in [5.74, 6) is 0.112. The fourth-order valence-corrected chi connectivity index (χ4v) is 2.07. The first-order valence-corrected chi connectivity index (χ1v) is 7.21. The van der Waals surface area contributed by atoms with Crippen LogP contribution in [0.1, 0.15) is 31.9 Å². The van der Waals surface area contributed by atoms with Gasteiger partial charge in [-0.1, -0.05) is 50.6 Å². The number of nitrogens with one attached hydrogen (secondary N) is 1. The van der Waals surface area contributed by atoms with Crippen LogP contribution in [0.15, 0.2) is 30.3 Å². The van der Waals surface area contributed by atoms with Gasteiger partial charge in [0.2, 0.25) is 5.91 Å². The van der Waals surface area contributed by atoms with Gasteiger partial charge in [0.25, 0.3) is 0 Å². The van der Waals surface area contributed by atoms with Crippen molar-refractivity contribution >= 4 is 5.91 Å². The summed E-state index contributed by atoms with van der Waals surface area (Å²) in [4.78, 5) is 14.3. The van der Waals surface area contributed by atoms with Crippen molar-refractivity contribution < 1.29 is 4.79 Å². The first-order valence-electron chi connectivity index (χ1n) is 7.21. The number of hydrogen-bond donors (Lipinski definition) is 2. The minimum atomic E-state index is -0.451. The van der Waals surface area contributed by atoms with E-state index in [1.165, 1.54) is 0 Å². The number of rotatable bonds is 7. The van der Waals surface area contributed by atoms with Gasteiger partial charge in [0.1, 0.15) is 0 Å². The predicted molar refractivity (Wildman–Crippen MR) is 83.3 cm³/mol. The van der Waals surface area contributed by atoms with E-state index in [0.717, 1.165) is 18.5 Å². The molecule has 0 fully saturated rings. The van der Waals surface area contributed by atoms with Gasteiger partial charge in [-0.3, -0.25) is 4.79 Å². The summed E-state index contributed by atoms with van der Waals surface area (Å²) < 4.78 is 0. The Morgan fingerprint density at radius 1 is 1.30 bits per heavy atom. The number of nitrogens with two attached hydrogens (primary N) is 1. The maximum atomic E-state index is 12.3. The van der Waals surface area contributed by atoms with Crippen molar-refractivity contribution in [2.75, 3.05) is 20.6 Å². The molecule has 1 amide bonds. The van der Waals surface area contributed by atoms with Crippen molar-refractivity contribution in [2.24, 2.45) is 11.7 Å². The number of benzene rings is 1. The van der Waals surface area contributed by atoms with E-state index in [4.69, 9.17) is 5.73 Å². The molecule has 2 unspecified atom stereocenters. The molecule has 3 N–H and O–H groups in total. The minimum absolute atomic E-state index is 0.0335. The highest BCUT2D eigenvalue weighted by atomic mass is 16.2. The lowest BCUT2D eigenvalue weighted by Crippen LogP contribution is -2.47. The van der Waals surface area contributed by atoms with Gasteiger partial charge in [0.15, 0.2) is 0 Å². The Balaban J connectivity index is 2.78. The summed E-state index contributed by atoms with van der Waals surface area (Å²) in [7, 11) is 3.99. The van der Waals surface area contributed by atoms with Crippen molar-refractivity contribution in [1.82, 2.24) is 10.2 Å². The van der Waals surface area contributed by atoms with Gasteiger partial charge >= 0.3 is 0 Å². The number of hydrogen-bond acceptors (Lipinski definition) is 3. The molecule has 4 nitrogen and oxygen atoms in total. The minimum Gasteiger partial charge on any atom is -0.347 e. The molecule has 20 heavy (non-hydrogen) atoms. The molecule has 0 aliphatic rings. The Hall–Kier alpha value is -1.39. The number of nitrogens with zero attached hydrogens (tertiary/aromatic N) is 1. The van der Waals surface area contributed by atoms with Gasteiger partial charge in [-0.2, -0.15) is 0 Å². The molecule has 0 bridgehead atoms. The molecule has 1 rings (SSSR count). The molecule has 0 aromatic heterocycles. The van der Waals surface area contributed by atoms with Gasteiger partial charge in [-0.25, -0.2) is 0 Å². The summed E-state index contributed by atoms with van der Waals surface area (Å²) in [5, 5.41) is 3.07. The Kier molecular flexibility index (Phi) is 6.68. The van der Waals surface area contributed by atoms with Crippen molar-refractivity contribution in [1.29, 1.82) is 0 Å². The quantitative estimate of drug-likeness (QED) is 0.798. The van der Waals surface area contributed by atoms with E-state index in [-0.39, 0.29) is 17.9 Å². The van der Waals surface area contributed by atoms with E-state index in [2.05, 4.69) is 10.2 Å². The molecular formula is C16H27N3O. The highest BCUT2D eigenvalue weighted by molar-refractivity contribution is 5.82. The number of likely N-dealkylation sites (N-methyl/N-ethyl adjacent to an activating group) is 1. The molecule has 0 saturated heterocycles. The van der Waals surface area contributed by atoms with Gasteiger partial charge in [0, 0.05) is 6.54 Å². The third-order valence-corrected chi connectivity index (χ3v) is 3.63. The molecule has 1 aromatic carbocycles. The third-order valence-electron chi connectivity index (χ3n) is 3.63. The molecular weight excluding hydrogens is 250 g/mol. The van der Waals surface area contributed by atoms with Crippen LogP contribution >= 0.6 is 0 Å². The number of carbonyl (C=O) groups is 1. The Bertz CT molecular complexity index is 405. The van der Waals surface area contributed by atoms with Gasteiger partial charge in [0.05, 0.1) is 12.1 Å². The topological polar surface area (TPSA) is 58.4 Å². The lowest BCUT2D eigenvalue weighted by Gasteiger charge is -2.26. The second kappa shape index (κ2) is 8.02. The van der Waals surface area contributed by atoms with E-state index < -0.39 is 6.04 Å². The monoisotopic (exact) mass is 277 g/mol. The Morgan fingerprint density at radius 3 is 2.40 bits per heavy atom. The molecule has 0 spiro atoms. The maximum Gasteiger partial charge on any atom is 0.237 e. The normalized spacial score (nSPS) is 15.7. The molecule has 112 valence electrons. The summed E-state index contributed by atoms with van der Waals surface area (Å²) in [6.45, 7) is 4.81. The van der Waals surface area contributed by atoms with Crippen LogP contribution in [0.5, 0.6) is 0 Å². The highest BCUT2D eigenvalue weighted by Crippen LogP contribution is 2.14. The second-order valence-electron chi connectivity index (χ2n) is 5.65. The molecule has 1 aromatic rings. The van der Waals surface area contributed by atoms with Gasteiger partial charge in [-0.15, -0.1) is 0 Å². The standard InChI is InChI=1S/C16H27N3O/c1-5-12(2)15(17)16(20)18-14(11-19(3)4)13-9-7-6-8-10-13/h6-10,12,14-15H,5,11,17H2,1-4H3,(H,18,20)/t12?,14?,15-/m0/s1. The fourth-order valence-electron chi connectivity index (χ4n) is 2.07. The van der Waals surface area contributed by atoms with Crippen molar-refractivity contribution in [3.8, 4) is 0 Å². The van der Waals surface area contributed by atoms with Gasteiger partial charge in [-0.05, 0) is 25.6 Å². The van der Waals surface area contributed by atoms with Crippen molar-refractivity contribution in [3.63, 3.8) is 0 Å². The molecule has 3 atom stereocenters. The average molecular weight is 277 g/mol. The molecule has 0 heterocycles. The van der Waals surface area contributed by atoms with E-state index in [0.29, 0.717) is 0 Å². The molecule has 0 radical (unpaired) electrons. The van der Waals surface area contributed by atoms with Crippen LogP contribution in [0.4, 0.5) is 0 Å². The lowest BCUT2D eigenvalue weighted by molar-refractivity contribution is -0.124. The van der Waals surface area contributed by atoms with Crippen LogP contribution in [0, 0.1) is 5.92 Å². The Labute approximate surface area is 122 Å². The van der Waals surface area contributed by atoms with Crippen molar-refractivity contribution in [3.05, 3.63) is 35.9 Å². The van der Waals surface area contributed by atoms with E-state index >= 15 is 0 Å². The van der Waals surface area contributed by atoms with Crippen LogP contribution < -0.4 is 11.1 Å². The predicted octanol–water partition coefficient (Wildman–Crippen LogP) is 1.78. The lowest BCUT2D eigenvalue weighted by atomic mass is 9.98. The zero-order valence-corrected chi connectivity index (χ0v) is 13.0.